The second-order valence-corrected chi connectivity index (χ2v) is 8.07. The molecular weight excluding hydrogens is 386 g/mol. The molecule has 0 spiro atoms. The fourth-order valence-electron chi connectivity index (χ4n) is 4.94. The average molecular weight is 411 g/mol. The Bertz CT molecular complexity index is 912. The first-order valence-electron chi connectivity index (χ1n) is 10.2. The maximum atomic E-state index is 12.7. The largest absolute Gasteiger partial charge is 0.477 e. The van der Waals surface area contributed by atoms with Gasteiger partial charge in [-0.2, -0.15) is 5.26 Å². The number of carbonyl (C=O) groups excluding carboxylic acids is 1. The molecule has 8 nitrogen and oxygen atoms in total. The number of fused-ring (bicyclic) bond motifs is 1. The molecule has 1 aromatic rings. The van der Waals surface area contributed by atoms with E-state index < -0.39 is 18.0 Å². The Morgan fingerprint density at radius 1 is 1.30 bits per heavy atom. The topological polar surface area (TPSA) is 114 Å². The van der Waals surface area contributed by atoms with E-state index in [1.54, 1.807) is 31.2 Å². The zero-order valence-electron chi connectivity index (χ0n) is 16.8. The van der Waals surface area contributed by atoms with Gasteiger partial charge in [-0.15, -0.1) is 0 Å². The number of hydrogen-bond acceptors (Lipinski definition) is 6. The summed E-state index contributed by atoms with van der Waals surface area (Å²) in [5.74, 6) is -2.30. The van der Waals surface area contributed by atoms with Crippen LogP contribution >= 0.6 is 0 Å². The van der Waals surface area contributed by atoms with Crippen molar-refractivity contribution in [2.75, 3.05) is 32.8 Å². The van der Waals surface area contributed by atoms with Crippen LogP contribution < -0.4 is 0 Å². The third-order valence-corrected chi connectivity index (χ3v) is 6.38. The number of carboxylic acid groups (broad SMARTS) is 1. The molecule has 1 unspecified atom stereocenters. The molecule has 3 aliphatic heterocycles. The van der Waals surface area contributed by atoms with Crippen molar-refractivity contribution in [3.8, 4) is 6.07 Å². The Labute approximate surface area is 175 Å². The second kappa shape index (κ2) is 8.19. The zero-order chi connectivity index (χ0) is 21.4. The number of amides is 1. The predicted molar refractivity (Wildman–Crippen MR) is 107 cm³/mol. The van der Waals surface area contributed by atoms with Crippen LogP contribution in [-0.2, 0) is 14.3 Å². The lowest BCUT2D eigenvalue weighted by molar-refractivity contribution is -0.163. The van der Waals surface area contributed by atoms with Gasteiger partial charge in [-0.1, -0.05) is 12.1 Å². The van der Waals surface area contributed by atoms with Gasteiger partial charge in [-0.3, -0.25) is 9.69 Å². The van der Waals surface area contributed by atoms with Crippen LogP contribution in [0.4, 0.5) is 0 Å². The van der Waals surface area contributed by atoms with Crippen molar-refractivity contribution >= 4 is 17.4 Å². The van der Waals surface area contributed by atoms with E-state index in [2.05, 4.69) is 11.0 Å². The van der Waals surface area contributed by atoms with Crippen LogP contribution in [0, 0.1) is 23.2 Å². The number of nitrogens with zero attached hydrogens (tertiary/aromatic N) is 3. The SMILES string of the molecule is C[C@@H](O)[C@H]1C(=O)N2C(C(=O)O)=C(c3ccc(C#N)cc3)C(CCN3CCOCC3)[C@H]12. The number of β-lactam (4-membered cyclic amide) rings is 1. The number of aliphatic hydroxyl groups is 1. The van der Waals surface area contributed by atoms with Crippen LogP contribution in [0.5, 0.6) is 0 Å². The van der Waals surface area contributed by atoms with Crippen molar-refractivity contribution in [2.45, 2.75) is 25.5 Å². The molecule has 0 bridgehead atoms. The molecule has 0 aromatic heterocycles. The number of morpholine rings is 1. The first kappa shape index (κ1) is 20.5. The van der Waals surface area contributed by atoms with Crippen molar-refractivity contribution in [2.24, 2.45) is 11.8 Å². The number of rotatable bonds is 6. The summed E-state index contributed by atoms with van der Waals surface area (Å²) >= 11 is 0. The summed E-state index contributed by atoms with van der Waals surface area (Å²) in [6.45, 7) is 5.33. The molecule has 2 saturated heterocycles. The highest BCUT2D eigenvalue weighted by molar-refractivity contribution is 6.06. The third kappa shape index (κ3) is 3.39. The van der Waals surface area contributed by atoms with Crippen molar-refractivity contribution in [1.29, 1.82) is 5.26 Å². The van der Waals surface area contributed by atoms with Crippen molar-refractivity contribution in [3.63, 3.8) is 0 Å². The molecule has 4 rings (SSSR count). The van der Waals surface area contributed by atoms with Gasteiger partial charge in [-0.25, -0.2) is 4.79 Å². The smallest absolute Gasteiger partial charge is 0.352 e. The minimum absolute atomic E-state index is 0.00131. The average Bonchev–Trinajstić information content (AvgIpc) is 3.03. The Morgan fingerprint density at radius 3 is 2.53 bits per heavy atom. The Kier molecular flexibility index (Phi) is 5.60. The molecule has 1 amide bonds. The molecular formula is C22H25N3O5. The second-order valence-electron chi connectivity index (χ2n) is 8.07. The van der Waals surface area contributed by atoms with Crippen molar-refractivity contribution in [1.82, 2.24) is 9.80 Å². The molecule has 8 heteroatoms. The normalized spacial score (nSPS) is 27.4. The van der Waals surface area contributed by atoms with Gasteiger partial charge in [0.15, 0.2) is 0 Å². The zero-order valence-corrected chi connectivity index (χ0v) is 16.8. The number of carbonyl (C=O) groups is 2. The van der Waals surface area contributed by atoms with E-state index in [0.29, 0.717) is 36.3 Å². The lowest BCUT2D eigenvalue weighted by Crippen LogP contribution is -2.64. The Morgan fingerprint density at radius 2 is 1.97 bits per heavy atom. The van der Waals surface area contributed by atoms with Crippen LogP contribution in [0.15, 0.2) is 30.0 Å². The quantitative estimate of drug-likeness (QED) is 0.669. The molecule has 30 heavy (non-hydrogen) atoms. The van der Waals surface area contributed by atoms with Crippen LogP contribution in [0.1, 0.15) is 24.5 Å². The highest BCUT2D eigenvalue weighted by Gasteiger charge is 2.60. The fourth-order valence-corrected chi connectivity index (χ4v) is 4.94. The monoisotopic (exact) mass is 411 g/mol. The first-order valence-corrected chi connectivity index (χ1v) is 10.2. The lowest BCUT2D eigenvalue weighted by atomic mass is 9.74. The van der Waals surface area contributed by atoms with Gasteiger partial charge in [0.05, 0.1) is 42.9 Å². The predicted octanol–water partition coefficient (Wildman–Crippen LogP) is 0.914. The fraction of sp³-hybridized carbons (Fsp3) is 0.500. The summed E-state index contributed by atoms with van der Waals surface area (Å²) in [5, 5.41) is 29.2. The molecule has 4 atom stereocenters. The molecule has 0 radical (unpaired) electrons. The molecule has 158 valence electrons. The van der Waals surface area contributed by atoms with Crippen LogP contribution in [0.3, 0.4) is 0 Å². The minimum atomic E-state index is -1.15. The van der Waals surface area contributed by atoms with E-state index in [1.807, 2.05) is 0 Å². The molecule has 0 saturated carbocycles. The van der Waals surface area contributed by atoms with Crippen molar-refractivity contribution < 1.29 is 24.5 Å². The Balaban J connectivity index is 1.71. The van der Waals surface area contributed by atoms with Gasteiger partial charge < -0.3 is 19.8 Å². The number of hydrogen-bond donors (Lipinski definition) is 2. The van der Waals surface area contributed by atoms with E-state index in [0.717, 1.165) is 19.6 Å². The van der Waals surface area contributed by atoms with E-state index in [-0.39, 0.29) is 23.6 Å². The summed E-state index contributed by atoms with van der Waals surface area (Å²) < 4.78 is 5.40. The van der Waals surface area contributed by atoms with Crippen LogP contribution in [0.2, 0.25) is 0 Å². The summed E-state index contributed by atoms with van der Waals surface area (Å²) in [6, 6.07) is 8.50. The highest BCUT2D eigenvalue weighted by Crippen LogP contribution is 2.51. The van der Waals surface area contributed by atoms with Gasteiger partial charge in [0, 0.05) is 19.0 Å². The van der Waals surface area contributed by atoms with Gasteiger partial charge in [0.25, 0.3) is 0 Å². The molecule has 3 heterocycles. The van der Waals surface area contributed by atoms with Crippen LogP contribution in [-0.4, -0.2) is 76.9 Å². The standard InChI is InChI=1S/C22H25N3O5/c1-13(26)17-19-16(6-7-24-8-10-30-11-9-24)18(15-4-2-14(12-23)3-5-15)20(22(28)29)25(19)21(17)27/h2-5,13,16-17,19,26H,6-11H2,1H3,(H,28,29)/t13-,16?,17-,19-/m1/s1. The summed E-state index contributed by atoms with van der Waals surface area (Å²) in [5.41, 5.74) is 1.80. The Hall–Kier alpha value is -2.73. The van der Waals surface area contributed by atoms with E-state index >= 15 is 0 Å². The first-order chi connectivity index (χ1) is 14.4. The third-order valence-electron chi connectivity index (χ3n) is 6.38. The maximum absolute atomic E-state index is 12.7. The minimum Gasteiger partial charge on any atom is -0.477 e. The van der Waals surface area contributed by atoms with Crippen LogP contribution in [0.25, 0.3) is 5.57 Å². The summed E-state index contributed by atoms with van der Waals surface area (Å²) in [4.78, 5) is 28.5. The lowest BCUT2D eigenvalue weighted by Gasteiger charge is -2.47. The molecule has 3 aliphatic rings. The molecule has 1 aromatic carbocycles. The summed E-state index contributed by atoms with van der Waals surface area (Å²) in [7, 11) is 0. The number of aliphatic hydroxyl groups excluding tert-OH is 1. The highest BCUT2D eigenvalue weighted by atomic mass is 16.5. The number of benzene rings is 1. The van der Waals surface area contributed by atoms with E-state index in [9.17, 15) is 19.8 Å². The number of nitriles is 1. The van der Waals surface area contributed by atoms with Gasteiger partial charge >= 0.3 is 5.97 Å². The molecule has 2 N–H and O–H groups in total. The van der Waals surface area contributed by atoms with E-state index in [4.69, 9.17) is 10.00 Å². The van der Waals surface area contributed by atoms with E-state index in [1.165, 1.54) is 4.90 Å². The van der Waals surface area contributed by atoms with Gasteiger partial charge in [0.2, 0.25) is 5.91 Å². The molecule has 2 fully saturated rings. The summed E-state index contributed by atoms with van der Waals surface area (Å²) in [6.07, 6.45) is -0.177. The number of ether oxygens (including phenoxy) is 1. The van der Waals surface area contributed by atoms with Gasteiger partial charge in [0.1, 0.15) is 5.70 Å². The van der Waals surface area contributed by atoms with Crippen molar-refractivity contribution in [3.05, 3.63) is 41.1 Å². The number of aliphatic carboxylic acids is 1. The van der Waals surface area contributed by atoms with Gasteiger partial charge in [-0.05, 0) is 43.2 Å². The molecule has 0 aliphatic carbocycles. The maximum Gasteiger partial charge on any atom is 0.352 e. The number of carboxylic acids is 1.